The molecule has 1 aromatic rings. The van der Waals surface area contributed by atoms with Crippen LogP contribution in [0.25, 0.3) is 0 Å². The van der Waals surface area contributed by atoms with Gasteiger partial charge in [0.2, 0.25) is 5.91 Å². The maximum Gasteiger partial charge on any atom is 0.221 e. The summed E-state index contributed by atoms with van der Waals surface area (Å²) >= 11 is 0. The number of aliphatic hydroxyl groups is 1. The Morgan fingerprint density at radius 1 is 1.36 bits per heavy atom. The summed E-state index contributed by atoms with van der Waals surface area (Å²) in [5, 5.41) is 12.3. The zero-order chi connectivity index (χ0) is 15.8. The number of amides is 1. The van der Waals surface area contributed by atoms with Gasteiger partial charge in [0.25, 0.3) is 0 Å². The average Bonchev–Trinajstić information content (AvgIpc) is 2.58. The maximum atomic E-state index is 12.0. The van der Waals surface area contributed by atoms with Gasteiger partial charge in [-0.3, -0.25) is 9.69 Å². The highest BCUT2D eigenvalue weighted by molar-refractivity contribution is 5.76. The minimum Gasteiger partial charge on any atom is -0.497 e. The van der Waals surface area contributed by atoms with Crippen LogP contribution in [0.1, 0.15) is 31.2 Å². The third-order valence-electron chi connectivity index (χ3n) is 4.23. The molecule has 2 N–H and O–H groups in total. The van der Waals surface area contributed by atoms with Gasteiger partial charge in [0, 0.05) is 25.6 Å². The Kier molecular flexibility index (Phi) is 6.68. The third-order valence-corrected chi connectivity index (χ3v) is 4.23. The lowest BCUT2D eigenvalue weighted by Crippen LogP contribution is -2.43. The van der Waals surface area contributed by atoms with Crippen LogP contribution in [0.15, 0.2) is 24.3 Å². The fraction of sp³-hybridized carbons (Fsp3) is 0.588. The van der Waals surface area contributed by atoms with E-state index >= 15 is 0 Å². The van der Waals surface area contributed by atoms with E-state index < -0.39 is 0 Å². The van der Waals surface area contributed by atoms with Crippen LogP contribution in [-0.4, -0.2) is 48.8 Å². The minimum atomic E-state index is 0.0538. The molecular formula is C17H26N2O3. The lowest BCUT2D eigenvalue weighted by molar-refractivity contribution is -0.121. The van der Waals surface area contributed by atoms with Gasteiger partial charge < -0.3 is 15.2 Å². The maximum absolute atomic E-state index is 12.0. The van der Waals surface area contributed by atoms with Gasteiger partial charge >= 0.3 is 0 Å². The Hall–Kier alpha value is -1.59. The van der Waals surface area contributed by atoms with Crippen molar-refractivity contribution in [3.05, 3.63) is 29.8 Å². The van der Waals surface area contributed by atoms with Gasteiger partial charge in [0.1, 0.15) is 5.75 Å². The molecule has 2 rings (SSSR count). The molecular weight excluding hydrogens is 280 g/mol. The highest BCUT2D eigenvalue weighted by atomic mass is 16.5. The molecule has 5 heteroatoms. The second-order valence-electron chi connectivity index (χ2n) is 5.74. The highest BCUT2D eigenvalue weighted by Gasteiger charge is 2.21. The standard InChI is InChI=1S/C17H26N2O3/c1-22-16-7-5-14(6-8-16)12-18-17(21)9-11-19-10-3-2-4-15(19)13-20/h5-8,15,20H,2-4,9-13H2,1H3,(H,18,21). The molecule has 0 bridgehead atoms. The third kappa shape index (κ3) is 5.00. The smallest absolute Gasteiger partial charge is 0.221 e. The predicted molar refractivity (Wildman–Crippen MR) is 85.8 cm³/mol. The van der Waals surface area contributed by atoms with E-state index in [1.807, 2.05) is 24.3 Å². The molecule has 22 heavy (non-hydrogen) atoms. The molecule has 1 atom stereocenters. The molecule has 1 fully saturated rings. The molecule has 122 valence electrons. The number of rotatable bonds is 7. The highest BCUT2D eigenvalue weighted by Crippen LogP contribution is 2.16. The molecule has 0 radical (unpaired) electrons. The van der Waals surface area contributed by atoms with Crippen molar-refractivity contribution in [2.75, 3.05) is 26.8 Å². The van der Waals surface area contributed by atoms with Crippen molar-refractivity contribution in [3.63, 3.8) is 0 Å². The predicted octanol–water partition coefficient (Wildman–Crippen LogP) is 1.55. The van der Waals surface area contributed by atoms with Crippen molar-refractivity contribution in [3.8, 4) is 5.75 Å². The zero-order valence-electron chi connectivity index (χ0n) is 13.3. The molecule has 0 saturated carbocycles. The fourth-order valence-electron chi connectivity index (χ4n) is 2.84. The van der Waals surface area contributed by atoms with Gasteiger partial charge in [0.15, 0.2) is 0 Å². The van der Waals surface area contributed by atoms with E-state index in [1.54, 1.807) is 7.11 Å². The number of likely N-dealkylation sites (tertiary alicyclic amines) is 1. The second-order valence-corrected chi connectivity index (χ2v) is 5.74. The summed E-state index contributed by atoms with van der Waals surface area (Å²) < 4.78 is 5.11. The Balaban J connectivity index is 1.70. The number of hydrogen-bond acceptors (Lipinski definition) is 4. The van der Waals surface area contributed by atoms with Crippen LogP contribution in [0, 0.1) is 0 Å². The van der Waals surface area contributed by atoms with E-state index in [9.17, 15) is 9.90 Å². The Labute approximate surface area is 132 Å². The molecule has 1 amide bonds. The molecule has 1 saturated heterocycles. The van der Waals surface area contributed by atoms with Crippen molar-refractivity contribution >= 4 is 5.91 Å². The van der Waals surface area contributed by atoms with Gasteiger partial charge in [-0.05, 0) is 37.1 Å². The fourth-order valence-corrected chi connectivity index (χ4v) is 2.84. The van der Waals surface area contributed by atoms with Gasteiger partial charge in [-0.1, -0.05) is 18.6 Å². The van der Waals surface area contributed by atoms with Gasteiger partial charge in [-0.15, -0.1) is 0 Å². The van der Waals surface area contributed by atoms with Crippen molar-refractivity contribution in [1.29, 1.82) is 0 Å². The van der Waals surface area contributed by atoms with Gasteiger partial charge in [-0.2, -0.15) is 0 Å². The van der Waals surface area contributed by atoms with Crippen LogP contribution < -0.4 is 10.1 Å². The Bertz CT molecular complexity index is 461. The van der Waals surface area contributed by atoms with Crippen LogP contribution in [0.4, 0.5) is 0 Å². The van der Waals surface area contributed by atoms with E-state index in [1.165, 1.54) is 6.42 Å². The number of methoxy groups -OCH3 is 1. The number of benzene rings is 1. The van der Waals surface area contributed by atoms with E-state index in [4.69, 9.17) is 4.74 Å². The molecule has 0 spiro atoms. The number of nitrogens with zero attached hydrogens (tertiary/aromatic N) is 1. The summed E-state index contributed by atoms with van der Waals surface area (Å²) in [5.41, 5.74) is 1.06. The molecule has 1 aliphatic rings. The largest absolute Gasteiger partial charge is 0.497 e. The van der Waals surface area contributed by atoms with Crippen LogP contribution >= 0.6 is 0 Å². The first-order valence-electron chi connectivity index (χ1n) is 7.97. The summed E-state index contributed by atoms with van der Waals surface area (Å²) in [7, 11) is 1.64. The Morgan fingerprint density at radius 2 is 2.14 bits per heavy atom. The zero-order valence-corrected chi connectivity index (χ0v) is 13.3. The van der Waals surface area contributed by atoms with Crippen molar-refractivity contribution in [2.24, 2.45) is 0 Å². The normalized spacial score (nSPS) is 18.9. The summed E-state index contributed by atoms with van der Waals surface area (Å²) in [6, 6.07) is 7.90. The summed E-state index contributed by atoms with van der Waals surface area (Å²) in [6.45, 7) is 2.43. The number of carbonyl (C=O) groups excluding carboxylic acids is 1. The van der Waals surface area contributed by atoms with Crippen LogP contribution in [0.5, 0.6) is 5.75 Å². The number of nitrogens with one attached hydrogen (secondary N) is 1. The van der Waals surface area contributed by atoms with Crippen molar-refractivity contribution < 1.29 is 14.6 Å². The quantitative estimate of drug-likeness (QED) is 0.802. The SMILES string of the molecule is COc1ccc(CNC(=O)CCN2CCCCC2CO)cc1. The first-order valence-corrected chi connectivity index (χ1v) is 7.97. The second kappa shape index (κ2) is 8.76. The molecule has 5 nitrogen and oxygen atoms in total. The van der Waals surface area contributed by atoms with Crippen LogP contribution in [-0.2, 0) is 11.3 Å². The number of ether oxygens (including phenoxy) is 1. The monoisotopic (exact) mass is 306 g/mol. The molecule has 1 aliphatic heterocycles. The topological polar surface area (TPSA) is 61.8 Å². The first kappa shape index (κ1) is 16.8. The van der Waals surface area contributed by atoms with E-state index in [0.717, 1.165) is 37.2 Å². The summed E-state index contributed by atoms with van der Waals surface area (Å²) in [5.74, 6) is 0.869. The minimum absolute atomic E-state index is 0.0538. The number of carbonyl (C=O) groups is 1. The van der Waals surface area contributed by atoms with Gasteiger partial charge in [0.05, 0.1) is 13.7 Å². The molecule has 1 unspecified atom stereocenters. The van der Waals surface area contributed by atoms with Crippen molar-refractivity contribution in [1.82, 2.24) is 10.2 Å². The van der Waals surface area contributed by atoms with E-state index in [2.05, 4.69) is 10.2 Å². The van der Waals surface area contributed by atoms with E-state index in [0.29, 0.717) is 13.0 Å². The summed E-state index contributed by atoms with van der Waals surface area (Å²) in [4.78, 5) is 14.2. The van der Waals surface area contributed by atoms with Gasteiger partial charge in [-0.25, -0.2) is 0 Å². The number of piperidine rings is 1. The molecule has 1 aromatic carbocycles. The average molecular weight is 306 g/mol. The van der Waals surface area contributed by atoms with Crippen LogP contribution in [0.2, 0.25) is 0 Å². The number of aliphatic hydroxyl groups excluding tert-OH is 1. The summed E-state index contributed by atoms with van der Waals surface area (Å²) in [6.07, 6.45) is 3.84. The molecule has 0 aromatic heterocycles. The van der Waals surface area contributed by atoms with Crippen LogP contribution in [0.3, 0.4) is 0 Å². The first-order chi connectivity index (χ1) is 10.7. The number of hydrogen-bond donors (Lipinski definition) is 2. The molecule has 0 aliphatic carbocycles. The lowest BCUT2D eigenvalue weighted by Gasteiger charge is -2.34. The molecule has 1 heterocycles. The van der Waals surface area contributed by atoms with E-state index in [-0.39, 0.29) is 18.6 Å². The lowest BCUT2D eigenvalue weighted by atomic mass is 10.0. The van der Waals surface area contributed by atoms with Crippen molar-refractivity contribution in [2.45, 2.75) is 38.3 Å². The Morgan fingerprint density at radius 3 is 2.82 bits per heavy atom.